The molecule has 1 aromatic heterocycles. The van der Waals surface area contributed by atoms with E-state index in [4.69, 9.17) is 21.1 Å². The van der Waals surface area contributed by atoms with Gasteiger partial charge in [0, 0.05) is 27.2 Å². The normalized spacial score (nSPS) is 11.0. The van der Waals surface area contributed by atoms with Crippen molar-refractivity contribution < 1.29 is 14.3 Å². The average molecular weight is 662 g/mol. The minimum atomic E-state index is -0.328. The second kappa shape index (κ2) is 13.7. The second-order valence-corrected chi connectivity index (χ2v) is 11.4. The number of methoxy groups -OCH3 is 1. The average Bonchev–Trinajstić information content (AvgIpc) is 3.46. The number of anilines is 2. The summed E-state index contributed by atoms with van der Waals surface area (Å²) in [6, 6.07) is 26.5. The highest BCUT2D eigenvalue weighted by molar-refractivity contribution is 9.10. The fourth-order valence-corrected chi connectivity index (χ4v) is 5.51. The monoisotopic (exact) mass is 660 g/mol. The number of carbonyl (C=O) groups excluding carboxylic acids is 1. The molecular formula is C32H26BrClN4O3S. The number of halogens is 2. The van der Waals surface area contributed by atoms with Gasteiger partial charge in [-0.15, -0.1) is 11.3 Å². The zero-order valence-corrected chi connectivity index (χ0v) is 25.9. The minimum absolute atomic E-state index is 0.325. The summed E-state index contributed by atoms with van der Waals surface area (Å²) in [4.78, 5) is 17.4. The number of ether oxygens (including phenoxy) is 2. The van der Waals surface area contributed by atoms with Gasteiger partial charge in [-0.05, 0) is 82.5 Å². The molecule has 0 unspecified atom stereocenters. The Balaban J connectivity index is 1.18. The van der Waals surface area contributed by atoms with Crippen LogP contribution in [0.3, 0.4) is 0 Å². The molecule has 0 fully saturated rings. The summed E-state index contributed by atoms with van der Waals surface area (Å²) >= 11 is 11.1. The van der Waals surface area contributed by atoms with E-state index in [1.165, 1.54) is 23.1 Å². The molecule has 1 heterocycles. The van der Waals surface area contributed by atoms with Crippen LogP contribution in [0.25, 0.3) is 11.3 Å². The third kappa shape index (κ3) is 7.55. The van der Waals surface area contributed by atoms with Crippen LogP contribution in [-0.2, 0) is 6.61 Å². The molecule has 0 spiro atoms. The Morgan fingerprint density at radius 1 is 1.07 bits per heavy atom. The number of thiazole rings is 1. The summed E-state index contributed by atoms with van der Waals surface area (Å²) in [5.74, 6) is 0.747. The van der Waals surface area contributed by atoms with Crippen molar-refractivity contribution in [2.45, 2.75) is 13.5 Å². The molecule has 0 saturated carbocycles. The van der Waals surface area contributed by atoms with Crippen molar-refractivity contribution in [1.29, 1.82) is 0 Å². The maximum absolute atomic E-state index is 12.7. The zero-order chi connectivity index (χ0) is 29.5. The van der Waals surface area contributed by atoms with Crippen molar-refractivity contribution >= 4 is 61.8 Å². The highest BCUT2D eigenvalue weighted by atomic mass is 79.9. The van der Waals surface area contributed by atoms with Crippen molar-refractivity contribution in [3.8, 4) is 22.8 Å². The first-order valence-electron chi connectivity index (χ1n) is 12.9. The van der Waals surface area contributed by atoms with E-state index in [2.05, 4.69) is 55.8 Å². The van der Waals surface area contributed by atoms with Crippen molar-refractivity contribution in [3.63, 3.8) is 0 Å². The number of hydrogen-bond acceptors (Lipinski definition) is 7. The van der Waals surface area contributed by atoms with E-state index in [0.29, 0.717) is 38.7 Å². The molecule has 2 N–H and O–H groups in total. The highest BCUT2D eigenvalue weighted by Gasteiger charge is 2.12. The van der Waals surface area contributed by atoms with Gasteiger partial charge in [-0.3, -0.25) is 4.79 Å². The van der Waals surface area contributed by atoms with Crippen molar-refractivity contribution in [2.24, 2.45) is 5.10 Å². The molecule has 0 aliphatic carbocycles. The third-order valence-electron chi connectivity index (χ3n) is 6.15. The third-order valence-corrected chi connectivity index (χ3v) is 7.74. The van der Waals surface area contributed by atoms with Gasteiger partial charge in [0.2, 0.25) is 0 Å². The molecule has 0 aliphatic rings. The van der Waals surface area contributed by atoms with Gasteiger partial charge in [0.15, 0.2) is 16.6 Å². The number of amides is 1. The number of rotatable bonds is 10. The molecule has 0 atom stereocenters. The fraction of sp³-hybridized carbons (Fsp3) is 0.0938. The van der Waals surface area contributed by atoms with Gasteiger partial charge in [-0.2, -0.15) is 5.10 Å². The maximum atomic E-state index is 12.7. The number of aryl methyl sites for hydroxylation is 1. The summed E-state index contributed by atoms with van der Waals surface area (Å²) in [5, 5.41) is 10.9. The number of nitrogens with zero attached hydrogens (tertiary/aromatic N) is 2. The SMILES string of the molecule is COc1cc(/C=N\NC(=O)c2ccc(-c3csc(Nc4ccc(C)cc4)n3)cc2)cc(Br)c1OCc1cccc(Cl)c1. The van der Waals surface area contributed by atoms with Gasteiger partial charge < -0.3 is 14.8 Å². The number of benzene rings is 4. The minimum Gasteiger partial charge on any atom is -0.493 e. The second-order valence-electron chi connectivity index (χ2n) is 9.26. The Kier molecular flexibility index (Phi) is 9.53. The van der Waals surface area contributed by atoms with Crippen LogP contribution in [0.4, 0.5) is 10.8 Å². The summed E-state index contributed by atoms with van der Waals surface area (Å²) in [6.07, 6.45) is 1.54. The summed E-state index contributed by atoms with van der Waals surface area (Å²) in [5.41, 5.74) is 8.63. The topological polar surface area (TPSA) is 84.8 Å². The lowest BCUT2D eigenvalue weighted by Gasteiger charge is -2.13. The Morgan fingerprint density at radius 2 is 1.86 bits per heavy atom. The summed E-state index contributed by atoms with van der Waals surface area (Å²) in [7, 11) is 1.56. The van der Waals surface area contributed by atoms with E-state index in [0.717, 1.165) is 27.6 Å². The first-order chi connectivity index (χ1) is 20.4. The summed E-state index contributed by atoms with van der Waals surface area (Å²) < 4.78 is 12.2. The lowest BCUT2D eigenvalue weighted by Crippen LogP contribution is -2.17. The molecule has 212 valence electrons. The molecule has 1 amide bonds. The standard InChI is InChI=1S/C32H26BrClN4O3S/c1-20-6-12-26(13-7-20)36-32-37-28(19-42-32)23-8-10-24(11-9-23)31(39)38-35-17-22-15-27(33)30(29(16-22)40-2)41-18-21-4-3-5-25(34)14-21/h3-17,19H,18H2,1-2H3,(H,36,37)(H,38,39)/b35-17-. The van der Waals surface area contributed by atoms with Crippen molar-refractivity contribution in [1.82, 2.24) is 10.4 Å². The van der Waals surface area contributed by atoms with E-state index in [1.54, 1.807) is 25.3 Å². The quantitative estimate of drug-likeness (QED) is 0.116. The molecule has 42 heavy (non-hydrogen) atoms. The smallest absolute Gasteiger partial charge is 0.271 e. The molecule has 0 bridgehead atoms. The van der Waals surface area contributed by atoms with E-state index in [9.17, 15) is 4.79 Å². The van der Waals surface area contributed by atoms with E-state index in [-0.39, 0.29) is 5.91 Å². The van der Waals surface area contributed by atoms with Gasteiger partial charge >= 0.3 is 0 Å². The number of hydrazone groups is 1. The largest absolute Gasteiger partial charge is 0.493 e. The van der Waals surface area contributed by atoms with Gasteiger partial charge in [0.05, 0.1) is 23.5 Å². The van der Waals surface area contributed by atoms with Crippen LogP contribution in [0.5, 0.6) is 11.5 Å². The molecule has 0 saturated heterocycles. The van der Waals surface area contributed by atoms with Crippen LogP contribution in [0.2, 0.25) is 5.02 Å². The molecular weight excluding hydrogens is 636 g/mol. The maximum Gasteiger partial charge on any atom is 0.271 e. The molecule has 0 aliphatic heterocycles. The first kappa shape index (κ1) is 29.3. The molecule has 10 heteroatoms. The molecule has 5 aromatic rings. The Bertz CT molecular complexity index is 1720. The van der Waals surface area contributed by atoms with E-state index < -0.39 is 0 Å². The van der Waals surface area contributed by atoms with Crippen LogP contribution < -0.4 is 20.2 Å². The molecule has 7 nitrogen and oxygen atoms in total. The predicted molar refractivity (Wildman–Crippen MR) is 174 cm³/mol. The first-order valence-corrected chi connectivity index (χ1v) is 14.9. The molecule has 0 radical (unpaired) electrons. The van der Waals surface area contributed by atoms with Crippen LogP contribution in [0.1, 0.15) is 27.0 Å². The predicted octanol–water partition coefficient (Wildman–Crippen LogP) is 8.63. The van der Waals surface area contributed by atoms with E-state index in [1.807, 2.05) is 60.0 Å². The van der Waals surface area contributed by atoms with Crippen LogP contribution in [0, 0.1) is 6.92 Å². The zero-order valence-electron chi connectivity index (χ0n) is 22.7. The van der Waals surface area contributed by atoms with Gasteiger partial charge in [-0.1, -0.05) is 53.6 Å². The highest BCUT2D eigenvalue weighted by Crippen LogP contribution is 2.37. The van der Waals surface area contributed by atoms with Gasteiger partial charge in [-0.25, -0.2) is 10.4 Å². The molecule has 5 rings (SSSR count). The number of nitrogens with one attached hydrogen (secondary N) is 2. The lowest BCUT2D eigenvalue weighted by atomic mass is 10.1. The van der Waals surface area contributed by atoms with Crippen LogP contribution in [-0.4, -0.2) is 24.2 Å². The van der Waals surface area contributed by atoms with Crippen LogP contribution >= 0.6 is 38.9 Å². The lowest BCUT2D eigenvalue weighted by molar-refractivity contribution is 0.0955. The summed E-state index contributed by atoms with van der Waals surface area (Å²) in [6.45, 7) is 2.38. The fourth-order valence-electron chi connectivity index (χ4n) is 3.98. The Morgan fingerprint density at radius 3 is 2.60 bits per heavy atom. The molecule has 4 aromatic carbocycles. The number of carbonyl (C=O) groups is 1. The van der Waals surface area contributed by atoms with E-state index >= 15 is 0 Å². The van der Waals surface area contributed by atoms with Crippen LogP contribution in [0.15, 0.2) is 99.9 Å². The Hall–Kier alpha value is -4.18. The number of hydrogen-bond donors (Lipinski definition) is 2. The van der Waals surface area contributed by atoms with Crippen molar-refractivity contribution in [3.05, 3.63) is 122 Å². The van der Waals surface area contributed by atoms with Crippen molar-refractivity contribution in [2.75, 3.05) is 12.4 Å². The van der Waals surface area contributed by atoms with Gasteiger partial charge in [0.25, 0.3) is 5.91 Å². The van der Waals surface area contributed by atoms with Gasteiger partial charge in [0.1, 0.15) is 6.61 Å². The number of aromatic nitrogens is 1. The Labute approximate surface area is 261 Å².